The Kier molecular flexibility index (Phi) is 5.81. The number of nitrogens with one attached hydrogen (secondary N) is 1. The van der Waals surface area contributed by atoms with Gasteiger partial charge in [-0.25, -0.2) is 0 Å². The van der Waals surface area contributed by atoms with Crippen LogP contribution in [0.4, 0.5) is 5.69 Å². The van der Waals surface area contributed by atoms with Crippen molar-refractivity contribution in [3.63, 3.8) is 0 Å². The molecule has 3 heterocycles. The summed E-state index contributed by atoms with van der Waals surface area (Å²) in [7, 11) is 0. The van der Waals surface area contributed by atoms with Gasteiger partial charge in [-0.3, -0.25) is 4.98 Å². The van der Waals surface area contributed by atoms with Crippen molar-refractivity contribution in [2.24, 2.45) is 0 Å². The van der Waals surface area contributed by atoms with E-state index in [2.05, 4.69) is 115 Å². The molecule has 5 heteroatoms. The van der Waals surface area contributed by atoms with Gasteiger partial charge in [-0.15, -0.1) is 0 Å². The summed E-state index contributed by atoms with van der Waals surface area (Å²) in [4.78, 5) is 7.01. The number of hydrogen-bond donors (Lipinski definition) is 1. The molecule has 5 aromatic rings. The molecule has 6 rings (SSSR count). The van der Waals surface area contributed by atoms with E-state index in [0.717, 1.165) is 16.5 Å². The molecular formula is C32H30N4S. The number of nitrogens with zero attached hydrogens (tertiary/aromatic N) is 3. The highest BCUT2D eigenvalue weighted by atomic mass is 32.1. The minimum absolute atomic E-state index is 0.0422. The number of aryl methyl sites for hydroxylation is 3. The predicted octanol–water partition coefficient (Wildman–Crippen LogP) is 7.44. The molecule has 1 N–H and O–H groups in total. The van der Waals surface area contributed by atoms with Gasteiger partial charge in [-0.2, -0.15) is 0 Å². The molecule has 1 aliphatic rings. The summed E-state index contributed by atoms with van der Waals surface area (Å²) < 4.78 is 2.38. The van der Waals surface area contributed by atoms with Crippen LogP contribution in [0.25, 0.3) is 16.5 Å². The van der Waals surface area contributed by atoms with Gasteiger partial charge in [-0.05, 0) is 98.4 Å². The average Bonchev–Trinajstić information content (AvgIpc) is 3.40. The maximum Gasteiger partial charge on any atom is 0.174 e. The molecule has 1 saturated heterocycles. The second-order valence-electron chi connectivity index (χ2n) is 9.93. The Bertz CT molecular complexity index is 1630. The van der Waals surface area contributed by atoms with Crippen LogP contribution in [0.15, 0.2) is 91.1 Å². The summed E-state index contributed by atoms with van der Waals surface area (Å²) >= 11 is 5.97. The van der Waals surface area contributed by atoms with E-state index in [1.165, 1.54) is 44.5 Å². The highest BCUT2D eigenvalue weighted by molar-refractivity contribution is 7.80. The van der Waals surface area contributed by atoms with Gasteiger partial charge >= 0.3 is 0 Å². The highest BCUT2D eigenvalue weighted by Crippen LogP contribution is 2.44. The first-order valence-corrected chi connectivity index (χ1v) is 13.1. The van der Waals surface area contributed by atoms with Crippen LogP contribution in [0.2, 0.25) is 0 Å². The fourth-order valence-electron chi connectivity index (χ4n) is 5.69. The van der Waals surface area contributed by atoms with Crippen molar-refractivity contribution in [2.45, 2.75) is 39.8 Å². The van der Waals surface area contributed by atoms with Gasteiger partial charge < -0.3 is 14.8 Å². The Morgan fingerprint density at radius 3 is 2.38 bits per heavy atom. The number of benzene rings is 3. The molecule has 3 aromatic carbocycles. The lowest BCUT2D eigenvalue weighted by Gasteiger charge is -2.28. The SMILES string of the molecule is Cc1ccc(N2C(=S)NC(c3ccccn3)C2c2cc(C)n(-c3cccc4ccccc34)c2C)cc1C. The van der Waals surface area contributed by atoms with Crippen molar-refractivity contribution in [3.05, 3.63) is 125 Å². The zero-order chi connectivity index (χ0) is 25.7. The standard InChI is InChI=1S/C32H30N4S/c1-20-15-16-25(18-21(20)2)36-31(30(34-32(36)37)28-13-7-8-17-33-28)27-19-22(3)35(23(27)4)29-14-9-11-24-10-5-6-12-26(24)29/h5-19,30-31H,1-4H3,(H,34,37). The monoisotopic (exact) mass is 502 g/mol. The van der Waals surface area contributed by atoms with Crippen molar-refractivity contribution >= 4 is 33.8 Å². The van der Waals surface area contributed by atoms with Gasteiger partial charge in [0.1, 0.15) is 0 Å². The number of rotatable bonds is 4. The summed E-state index contributed by atoms with van der Waals surface area (Å²) in [6.45, 7) is 8.71. The second kappa shape index (κ2) is 9.16. The normalized spacial score (nSPS) is 17.4. The van der Waals surface area contributed by atoms with E-state index in [0.29, 0.717) is 0 Å². The highest BCUT2D eigenvalue weighted by Gasteiger charge is 2.42. The molecule has 0 aliphatic carbocycles. The van der Waals surface area contributed by atoms with Crippen LogP contribution in [0.5, 0.6) is 0 Å². The summed E-state index contributed by atoms with van der Waals surface area (Å²) in [5.74, 6) is 0. The van der Waals surface area contributed by atoms with E-state index in [1.807, 2.05) is 18.3 Å². The van der Waals surface area contributed by atoms with E-state index >= 15 is 0 Å². The Hall–Kier alpha value is -3.96. The van der Waals surface area contributed by atoms with Crippen LogP contribution in [0, 0.1) is 27.7 Å². The maximum absolute atomic E-state index is 5.97. The van der Waals surface area contributed by atoms with Crippen LogP contribution < -0.4 is 10.2 Å². The number of pyridine rings is 1. The minimum Gasteiger partial charge on any atom is -0.351 e. The van der Waals surface area contributed by atoms with E-state index in [9.17, 15) is 0 Å². The molecule has 2 unspecified atom stereocenters. The summed E-state index contributed by atoms with van der Waals surface area (Å²) in [5.41, 5.74) is 9.44. The Morgan fingerprint density at radius 2 is 1.59 bits per heavy atom. The summed E-state index contributed by atoms with van der Waals surface area (Å²) in [6.07, 6.45) is 1.86. The number of hydrogen-bond acceptors (Lipinski definition) is 2. The average molecular weight is 503 g/mol. The van der Waals surface area contributed by atoms with Gasteiger partial charge in [0, 0.05) is 28.7 Å². The third-order valence-electron chi connectivity index (χ3n) is 7.66. The first-order valence-electron chi connectivity index (χ1n) is 12.7. The van der Waals surface area contributed by atoms with Gasteiger partial charge in [0.15, 0.2) is 5.11 Å². The third-order valence-corrected chi connectivity index (χ3v) is 7.98. The van der Waals surface area contributed by atoms with Crippen molar-refractivity contribution in [3.8, 4) is 5.69 Å². The Morgan fingerprint density at radius 1 is 0.811 bits per heavy atom. The van der Waals surface area contributed by atoms with Crippen LogP contribution >= 0.6 is 12.2 Å². The molecule has 4 nitrogen and oxygen atoms in total. The third kappa shape index (κ3) is 3.91. The molecule has 2 atom stereocenters. The number of fused-ring (bicyclic) bond motifs is 1. The first-order chi connectivity index (χ1) is 17.9. The van der Waals surface area contributed by atoms with Gasteiger partial charge in [0.05, 0.1) is 23.5 Å². The molecule has 0 spiro atoms. The number of thiocarbonyl (C=S) groups is 1. The molecule has 0 bridgehead atoms. The van der Waals surface area contributed by atoms with E-state index in [-0.39, 0.29) is 12.1 Å². The number of aromatic nitrogens is 2. The molecule has 184 valence electrons. The molecule has 0 amide bonds. The molecule has 1 fully saturated rings. The quantitative estimate of drug-likeness (QED) is 0.259. The van der Waals surface area contributed by atoms with E-state index in [4.69, 9.17) is 17.2 Å². The largest absolute Gasteiger partial charge is 0.351 e. The lowest BCUT2D eigenvalue weighted by molar-refractivity contribution is 0.565. The maximum atomic E-state index is 5.97. The minimum atomic E-state index is -0.0724. The van der Waals surface area contributed by atoms with Crippen LogP contribution in [0.1, 0.15) is 45.9 Å². The molecular weight excluding hydrogens is 472 g/mol. The van der Waals surface area contributed by atoms with Crippen molar-refractivity contribution in [2.75, 3.05) is 4.90 Å². The van der Waals surface area contributed by atoms with Gasteiger partial charge in [0.25, 0.3) is 0 Å². The van der Waals surface area contributed by atoms with E-state index in [1.54, 1.807) is 0 Å². The zero-order valence-corrected chi connectivity index (χ0v) is 22.4. The van der Waals surface area contributed by atoms with Crippen molar-refractivity contribution in [1.82, 2.24) is 14.9 Å². The smallest absolute Gasteiger partial charge is 0.174 e. The number of anilines is 1. The Labute approximate surface area is 223 Å². The topological polar surface area (TPSA) is 33.1 Å². The lowest BCUT2D eigenvalue weighted by atomic mass is 9.96. The summed E-state index contributed by atoms with van der Waals surface area (Å²) in [6, 6.07) is 30.0. The Balaban J connectivity index is 1.55. The van der Waals surface area contributed by atoms with Crippen LogP contribution in [0.3, 0.4) is 0 Å². The fraction of sp³-hybridized carbons (Fsp3) is 0.188. The summed E-state index contributed by atoms with van der Waals surface area (Å²) in [5, 5.41) is 6.81. The zero-order valence-electron chi connectivity index (χ0n) is 21.6. The van der Waals surface area contributed by atoms with Gasteiger partial charge in [0.2, 0.25) is 0 Å². The lowest BCUT2D eigenvalue weighted by Crippen LogP contribution is -2.29. The fourth-order valence-corrected chi connectivity index (χ4v) is 6.03. The van der Waals surface area contributed by atoms with Crippen LogP contribution in [-0.2, 0) is 0 Å². The molecule has 1 aliphatic heterocycles. The van der Waals surface area contributed by atoms with Crippen LogP contribution in [-0.4, -0.2) is 14.7 Å². The second-order valence-corrected chi connectivity index (χ2v) is 10.3. The molecule has 0 radical (unpaired) electrons. The van der Waals surface area contributed by atoms with Crippen molar-refractivity contribution in [1.29, 1.82) is 0 Å². The molecule has 2 aromatic heterocycles. The molecule has 37 heavy (non-hydrogen) atoms. The predicted molar refractivity (Wildman–Crippen MR) is 157 cm³/mol. The van der Waals surface area contributed by atoms with Crippen molar-refractivity contribution < 1.29 is 0 Å². The first kappa shape index (κ1) is 23.4. The van der Waals surface area contributed by atoms with Gasteiger partial charge in [-0.1, -0.05) is 48.5 Å². The molecule has 0 saturated carbocycles. The van der Waals surface area contributed by atoms with E-state index < -0.39 is 0 Å².